The van der Waals surface area contributed by atoms with Gasteiger partial charge in [-0.15, -0.1) is 0 Å². The molecule has 0 unspecified atom stereocenters. The van der Waals surface area contributed by atoms with E-state index in [1.165, 1.54) is 6.92 Å². The lowest BCUT2D eigenvalue weighted by molar-refractivity contribution is -0.368. The molecule has 0 aromatic heterocycles. The van der Waals surface area contributed by atoms with Crippen molar-refractivity contribution < 1.29 is 59.8 Å². The maximum absolute atomic E-state index is 11.3. The van der Waals surface area contributed by atoms with Gasteiger partial charge in [0.2, 0.25) is 0 Å². The second-order valence-electron chi connectivity index (χ2n) is 15.7. The summed E-state index contributed by atoms with van der Waals surface area (Å²) >= 11 is 0. The van der Waals surface area contributed by atoms with E-state index < -0.39 is 73.6 Å². The van der Waals surface area contributed by atoms with Gasteiger partial charge in [0, 0.05) is 0 Å². The summed E-state index contributed by atoms with van der Waals surface area (Å²) in [6.45, 7) is 5.69. The number of fused-ring (bicyclic) bond motifs is 3. The number of hydrogen-bond acceptors (Lipinski definition) is 12. The van der Waals surface area contributed by atoms with Crippen LogP contribution in [-0.2, 0) is 18.9 Å². The first-order valence-electron chi connectivity index (χ1n) is 16.6. The van der Waals surface area contributed by atoms with Gasteiger partial charge in [0.15, 0.2) is 12.6 Å². The molecule has 0 aromatic rings. The maximum Gasteiger partial charge on any atom is 0.187 e. The first-order valence-corrected chi connectivity index (χ1v) is 16.6. The molecule has 0 amide bonds. The van der Waals surface area contributed by atoms with Crippen molar-refractivity contribution in [3.63, 3.8) is 0 Å². The predicted octanol–water partition coefficient (Wildman–Crippen LogP) is -0.209. The second kappa shape index (κ2) is 11.9. The van der Waals surface area contributed by atoms with E-state index in [1.807, 2.05) is 0 Å². The minimum Gasteiger partial charge on any atom is -0.394 e. The fourth-order valence-electron chi connectivity index (χ4n) is 11.0. The third kappa shape index (κ3) is 5.20. The molecule has 2 heterocycles. The van der Waals surface area contributed by atoms with Crippen molar-refractivity contribution in [2.24, 2.45) is 34.0 Å². The normalized spacial score (nSPS) is 57.5. The van der Waals surface area contributed by atoms with E-state index in [0.717, 1.165) is 51.4 Å². The highest BCUT2D eigenvalue weighted by Crippen LogP contribution is 2.72. The Hall–Kier alpha value is -0.480. The Kier molecular flexibility index (Phi) is 9.03. The van der Waals surface area contributed by atoms with Crippen LogP contribution in [0.15, 0.2) is 0 Å². The molecule has 4 saturated carbocycles. The summed E-state index contributed by atoms with van der Waals surface area (Å²) in [6, 6.07) is 0. The molecule has 2 saturated heterocycles. The van der Waals surface area contributed by atoms with Gasteiger partial charge in [-0.2, -0.15) is 0 Å². The lowest BCUT2D eigenvalue weighted by Gasteiger charge is -2.64. The minimum atomic E-state index is -1.62. The van der Waals surface area contributed by atoms with Crippen LogP contribution < -0.4 is 0 Å². The fraction of sp³-hybridized carbons (Fsp3) is 1.00. The standard InChI is InChI=1S/C32H54O12/c1-16-21(35)23(37)25(39)27(42-16)44-26-24(38)22(36)18(12-33)43-28(26)41-15-29(2)8-4-9-30(3)19(29)7-10-31-11-17(5-6-20(30)31)32(40,13-31)14-34/h16-28,33-40H,4-15H2,1-3H3/t16-,17+,18+,19+,20+,21-,22-,23+,24-,25+,26+,27-,28+,29-,30+,31-,32+/m0/s1. The summed E-state index contributed by atoms with van der Waals surface area (Å²) in [6.07, 6.45) is -4.90. The number of ether oxygens (including phenoxy) is 4. The Morgan fingerprint density at radius 1 is 0.795 bits per heavy atom. The zero-order chi connectivity index (χ0) is 31.8. The molecule has 6 aliphatic rings. The van der Waals surface area contributed by atoms with Crippen molar-refractivity contribution >= 4 is 0 Å². The zero-order valence-electron chi connectivity index (χ0n) is 26.2. The molecule has 1 spiro atoms. The van der Waals surface area contributed by atoms with E-state index in [9.17, 15) is 40.9 Å². The van der Waals surface area contributed by atoms with Crippen LogP contribution in [0.4, 0.5) is 0 Å². The van der Waals surface area contributed by atoms with E-state index in [0.29, 0.717) is 18.3 Å². The molecule has 2 bridgehead atoms. The quantitative estimate of drug-likeness (QED) is 0.185. The van der Waals surface area contributed by atoms with Gasteiger partial charge in [0.1, 0.15) is 42.7 Å². The van der Waals surface area contributed by atoms with E-state index in [1.54, 1.807) is 0 Å². The molecular weight excluding hydrogens is 576 g/mol. The highest BCUT2D eigenvalue weighted by Gasteiger charge is 2.67. The minimum absolute atomic E-state index is 0.0279. The second-order valence-corrected chi connectivity index (χ2v) is 15.7. The van der Waals surface area contributed by atoms with Crippen molar-refractivity contribution in [1.82, 2.24) is 0 Å². The summed E-state index contributed by atoms with van der Waals surface area (Å²) in [4.78, 5) is 0. The molecule has 0 aromatic carbocycles. The average molecular weight is 631 g/mol. The van der Waals surface area contributed by atoms with E-state index in [4.69, 9.17) is 18.9 Å². The van der Waals surface area contributed by atoms with Crippen molar-refractivity contribution in [2.45, 2.75) is 146 Å². The van der Waals surface area contributed by atoms with Gasteiger partial charge in [-0.1, -0.05) is 20.3 Å². The summed E-state index contributed by atoms with van der Waals surface area (Å²) in [5.41, 5.74) is -1.17. The molecule has 8 N–H and O–H groups in total. The van der Waals surface area contributed by atoms with Crippen molar-refractivity contribution in [1.29, 1.82) is 0 Å². The molecule has 44 heavy (non-hydrogen) atoms. The number of aliphatic hydroxyl groups excluding tert-OH is 7. The number of rotatable bonds is 7. The van der Waals surface area contributed by atoms with Crippen molar-refractivity contribution in [3.05, 3.63) is 0 Å². The summed E-state index contributed by atoms with van der Waals surface area (Å²) in [5, 5.41) is 83.9. The zero-order valence-corrected chi connectivity index (χ0v) is 26.2. The number of hydrogen-bond donors (Lipinski definition) is 8. The summed E-state index contributed by atoms with van der Waals surface area (Å²) in [7, 11) is 0. The summed E-state index contributed by atoms with van der Waals surface area (Å²) in [5.74, 6) is 0.923. The molecule has 6 fully saturated rings. The Labute approximate surface area is 259 Å². The van der Waals surface area contributed by atoms with Crippen LogP contribution in [-0.4, -0.2) is 128 Å². The van der Waals surface area contributed by atoms with Crippen LogP contribution in [0.2, 0.25) is 0 Å². The third-order valence-electron chi connectivity index (χ3n) is 13.2. The van der Waals surface area contributed by atoms with Gasteiger partial charge in [0.25, 0.3) is 0 Å². The highest BCUT2D eigenvalue weighted by atomic mass is 16.8. The van der Waals surface area contributed by atoms with Crippen molar-refractivity contribution in [2.75, 3.05) is 19.8 Å². The number of aliphatic hydroxyl groups is 8. The van der Waals surface area contributed by atoms with Crippen LogP contribution in [0, 0.1) is 34.0 Å². The van der Waals surface area contributed by atoms with E-state index in [2.05, 4.69) is 13.8 Å². The Bertz CT molecular complexity index is 1030. The Balaban J connectivity index is 1.20. The van der Waals surface area contributed by atoms with Gasteiger partial charge in [-0.3, -0.25) is 0 Å². The van der Waals surface area contributed by atoms with Gasteiger partial charge < -0.3 is 59.8 Å². The Morgan fingerprint density at radius 2 is 1.55 bits per heavy atom. The van der Waals surface area contributed by atoms with Crippen LogP contribution in [0.1, 0.15) is 78.6 Å². The molecule has 17 atom stereocenters. The first kappa shape index (κ1) is 33.4. The van der Waals surface area contributed by atoms with Crippen molar-refractivity contribution in [3.8, 4) is 0 Å². The van der Waals surface area contributed by atoms with Gasteiger partial charge in [-0.25, -0.2) is 0 Å². The molecule has 12 heteroatoms. The maximum atomic E-state index is 11.3. The van der Waals surface area contributed by atoms with Crippen LogP contribution in [0.3, 0.4) is 0 Å². The van der Waals surface area contributed by atoms with Crippen LogP contribution in [0.5, 0.6) is 0 Å². The predicted molar refractivity (Wildman–Crippen MR) is 154 cm³/mol. The van der Waals surface area contributed by atoms with E-state index in [-0.39, 0.29) is 35.4 Å². The van der Waals surface area contributed by atoms with Crippen LogP contribution in [0.25, 0.3) is 0 Å². The van der Waals surface area contributed by atoms with Crippen LogP contribution >= 0.6 is 0 Å². The first-order chi connectivity index (χ1) is 20.7. The average Bonchev–Trinajstić information content (AvgIpc) is 3.20. The monoisotopic (exact) mass is 630 g/mol. The lowest BCUT2D eigenvalue weighted by atomic mass is 9.41. The third-order valence-corrected chi connectivity index (χ3v) is 13.2. The smallest absolute Gasteiger partial charge is 0.187 e. The molecule has 254 valence electrons. The van der Waals surface area contributed by atoms with Gasteiger partial charge >= 0.3 is 0 Å². The lowest BCUT2D eigenvalue weighted by Crippen LogP contribution is -2.64. The van der Waals surface area contributed by atoms with E-state index >= 15 is 0 Å². The Morgan fingerprint density at radius 3 is 2.25 bits per heavy atom. The van der Waals surface area contributed by atoms with Gasteiger partial charge in [0.05, 0.1) is 31.5 Å². The van der Waals surface area contributed by atoms with Gasteiger partial charge in [-0.05, 0) is 92.3 Å². The summed E-state index contributed by atoms with van der Waals surface area (Å²) < 4.78 is 23.9. The topological polar surface area (TPSA) is 199 Å². The molecular formula is C32H54O12. The molecule has 2 aliphatic heterocycles. The molecule has 0 radical (unpaired) electrons. The molecule has 6 rings (SSSR count). The SMILES string of the molecule is C[C@@H]1O[C@@H](O[C@H]2[C@H](OC[C@]3(C)CCC[C@]4(C)[C@@H]3CC[C@@]35C[C@@H](CC[C@@H]34)[C@](O)(CO)C5)O[C@H](CO)[C@H](O)[C@@H]2O)[C@H](O)[C@H](O)[C@H]1O. The highest BCUT2D eigenvalue weighted by molar-refractivity contribution is 5.17. The molecule has 4 aliphatic carbocycles. The molecule has 12 nitrogen and oxygen atoms in total. The fourth-order valence-corrected chi connectivity index (χ4v) is 11.0. The largest absolute Gasteiger partial charge is 0.394 e.